The molecule has 6 heteroatoms. The van der Waals surface area contributed by atoms with Gasteiger partial charge in [0.05, 0.1) is 25.3 Å². The van der Waals surface area contributed by atoms with Crippen LogP contribution in [0.1, 0.15) is 20.7 Å². The lowest BCUT2D eigenvalue weighted by Gasteiger charge is -2.11. The number of methoxy groups -OCH3 is 2. The van der Waals surface area contributed by atoms with Crippen LogP contribution in [0.4, 0.5) is 0 Å². The van der Waals surface area contributed by atoms with Crippen LogP contribution in [0.3, 0.4) is 0 Å². The first kappa shape index (κ1) is 11.8. The molecule has 2 amide bonds. The van der Waals surface area contributed by atoms with E-state index in [2.05, 4.69) is 0 Å². The molecule has 0 radical (unpaired) electrons. The number of carbonyl (C=O) groups is 2. The average molecular weight is 224 g/mol. The molecule has 4 N–H and O–H groups in total. The van der Waals surface area contributed by atoms with Crippen molar-refractivity contribution in [1.82, 2.24) is 0 Å². The molecular formula is C10H12N2O4. The van der Waals surface area contributed by atoms with E-state index in [0.29, 0.717) is 0 Å². The molecule has 0 fully saturated rings. The maximum absolute atomic E-state index is 11.1. The first-order valence-electron chi connectivity index (χ1n) is 4.37. The molecule has 0 unspecified atom stereocenters. The lowest BCUT2D eigenvalue weighted by Crippen LogP contribution is -2.16. The fraction of sp³-hybridized carbons (Fsp3) is 0.200. The molecule has 0 spiro atoms. The van der Waals surface area contributed by atoms with Crippen molar-refractivity contribution in [3.8, 4) is 11.5 Å². The molecule has 0 aromatic heterocycles. The molecule has 0 aliphatic heterocycles. The molecule has 0 saturated carbocycles. The lowest BCUT2D eigenvalue weighted by atomic mass is 10.1. The lowest BCUT2D eigenvalue weighted by molar-refractivity contribution is 0.0983. The maximum Gasteiger partial charge on any atom is 0.252 e. The Morgan fingerprint density at radius 3 is 1.44 bits per heavy atom. The van der Waals surface area contributed by atoms with Crippen molar-refractivity contribution in [3.63, 3.8) is 0 Å². The molecule has 0 aliphatic rings. The predicted octanol–water partition coefficient (Wildman–Crippen LogP) is -0.0984. The fourth-order valence-electron chi connectivity index (χ4n) is 1.28. The Morgan fingerprint density at radius 2 is 1.25 bits per heavy atom. The van der Waals surface area contributed by atoms with Crippen LogP contribution in [-0.2, 0) is 0 Å². The third-order valence-electron chi connectivity index (χ3n) is 2.05. The molecule has 1 rings (SSSR count). The molecule has 0 aliphatic carbocycles. The van der Waals surface area contributed by atoms with Gasteiger partial charge in [0.25, 0.3) is 11.8 Å². The summed E-state index contributed by atoms with van der Waals surface area (Å²) in [6.07, 6.45) is 0. The topological polar surface area (TPSA) is 105 Å². The number of rotatable bonds is 4. The average Bonchev–Trinajstić information content (AvgIpc) is 2.26. The molecule has 0 heterocycles. The number of hydrogen-bond acceptors (Lipinski definition) is 4. The standard InChI is InChI=1S/C10H12N2O4/c1-15-7-3-6(10(12)14)8(16-2)4-5(7)9(11)13/h3-4H,1-2H3,(H2,11,13)(H2,12,14). The van der Waals surface area contributed by atoms with Crippen molar-refractivity contribution >= 4 is 11.8 Å². The van der Waals surface area contributed by atoms with Gasteiger partial charge in [0, 0.05) is 0 Å². The van der Waals surface area contributed by atoms with Gasteiger partial charge in [-0.1, -0.05) is 0 Å². The van der Waals surface area contributed by atoms with Crippen LogP contribution in [0.2, 0.25) is 0 Å². The predicted molar refractivity (Wildman–Crippen MR) is 56.6 cm³/mol. The first-order chi connectivity index (χ1) is 7.51. The van der Waals surface area contributed by atoms with Crippen molar-refractivity contribution < 1.29 is 19.1 Å². The van der Waals surface area contributed by atoms with Gasteiger partial charge in [-0.2, -0.15) is 0 Å². The van der Waals surface area contributed by atoms with Gasteiger partial charge in [0.15, 0.2) is 0 Å². The summed E-state index contributed by atoms with van der Waals surface area (Å²) in [6.45, 7) is 0. The Balaban J connectivity index is 3.46. The van der Waals surface area contributed by atoms with Crippen LogP contribution < -0.4 is 20.9 Å². The summed E-state index contributed by atoms with van der Waals surface area (Å²) >= 11 is 0. The van der Waals surface area contributed by atoms with Gasteiger partial charge < -0.3 is 20.9 Å². The van der Waals surface area contributed by atoms with E-state index < -0.39 is 11.8 Å². The third-order valence-corrected chi connectivity index (χ3v) is 2.05. The molecular weight excluding hydrogens is 212 g/mol. The Bertz CT molecular complexity index is 401. The Hall–Kier alpha value is -2.24. The summed E-state index contributed by atoms with van der Waals surface area (Å²) in [7, 11) is 2.72. The van der Waals surface area contributed by atoms with E-state index in [4.69, 9.17) is 20.9 Å². The van der Waals surface area contributed by atoms with Crippen LogP contribution in [0.25, 0.3) is 0 Å². The smallest absolute Gasteiger partial charge is 0.252 e. The van der Waals surface area contributed by atoms with E-state index >= 15 is 0 Å². The summed E-state index contributed by atoms with van der Waals surface area (Å²) in [5, 5.41) is 0. The van der Waals surface area contributed by atoms with Crippen molar-refractivity contribution in [2.45, 2.75) is 0 Å². The minimum Gasteiger partial charge on any atom is -0.496 e. The first-order valence-corrected chi connectivity index (χ1v) is 4.37. The van der Waals surface area contributed by atoms with E-state index in [9.17, 15) is 9.59 Å². The Labute approximate surface area is 92.1 Å². The number of hydrogen-bond donors (Lipinski definition) is 2. The van der Waals surface area contributed by atoms with Gasteiger partial charge in [0.2, 0.25) is 0 Å². The van der Waals surface area contributed by atoms with E-state index in [1.807, 2.05) is 0 Å². The normalized spacial score (nSPS) is 9.62. The van der Waals surface area contributed by atoms with E-state index in [1.54, 1.807) is 0 Å². The van der Waals surface area contributed by atoms with Crippen molar-refractivity contribution in [2.24, 2.45) is 11.5 Å². The second-order valence-corrected chi connectivity index (χ2v) is 2.98. The van der Waals surface area contributed by atoms with E-state index in [0.717, 1.165) is 0 Å². The summed E-state index contributed by atoms with van der Waals surface area (Å²) in [5.74, 6) is -0.985. The summed E-state index contributed by atoms with van der Waals surface area (Å²) in [4.78, 5) is 22.2. The SMILES string of the molecule is COc1cc(C(N)=O)c(OC)cc1C(N)=O. The van der Waals surface area contributed by atoms with Gasteiger partial charge in [-0.05, 0) is 12.1 Å². The van der Waals surface area contributed by atoms with Gasteiger partial charge in [-0.15, -0.1) is 0 Å². The summed E-state index contributed by atoms with van der Waals surface area (Å²) in [5.41, 5.74) is 10.6. The van der Waals surface area contributed by atoms with Gasteiger partial charge in [-0.25, -0.2) is 0 Å². The monoisotopic (exact) mass is 224 g/mol. The van der Waals surface area contributed by atoms with E-state index in [1.165, 1.54) is 26.4 Å². The number of ether oxygens (including phenoxy) is 2. The molecule has 1 aromatic rings. The van der Waals surface area contributed by atoms with Crippen molar-refractivity contribution in [2.75, 3.05) is 14.2 Å². The van der Waals surface area contributed by atoms with Crippen molar-refractivity contribution in [3.05, 3.63) is 23.3 Å². The van der Waals surface area contributed by atoms with Gasteiger partial charge >= 0.3 is 0 Å². The number of benzene rings is 1. The highest BCUT2D eigenvalue weighted by molar-refractivity contribution is 6.01. The number of carbonyl (C=O) groups excluding carboxylic acids is 2. The highest BCUT2D eigenvalue weighted by atomic mass is 16.5. The quantitative estimate of drug-likeness (QED) is 0.745. The zero-order chi connectivity index (χ0) is 12.3. The molecule has 0 saturated heterocycles. The fourth-order valence-corrected chi connectivity index (χ4v) is 1.28. The summed E-state index contributed by atoms with van der Waals surface area (Å²) < 4.78 is 9.87. The Kier molecular flexibility index (Phi) is 3.34. The van der Waals surface area contributed by atoms with Crippen LogP contribution >= 0.6 is 0 Å². The molecule has 16 heavy (non-hydrogen) atoms. The summed E-state index contributed by atoms with van der Waals surface area (Å²) in [6, 6.07) is 2.64. The van der Waals surface area contributed by atoms with Crippen molar-refractivity contribution in [1.29, 1.82) is 0 Å². The largest absolute Gasteiger partial charge is 0.496 e. The van der Waals surface area contributed by atoms with Crippen LogP contribution in [-0.4, -0.2) is 26.0 Å². The zero-order valence-electron chi connectivity index (χ0n) is 8.94. The number of amides is 2. The molecule has 6 nitrogen and oxygen atoms in total. The van der Waals surface area contributed by atoms with Gasteiger partial charge in [-0.3, -0.25) is 9.59 Å². The maximum atomic E-state index is 11.1. The second-order valence-electron chi connectivity index (χ2n) is 2.98. The molecule has 86 valence electrons. The van der Waals surface area contributed by atoms with Crippen LogP contribution in [0.15, 0.2) is 12.1 Å². The molecule has 1 aromatic carbocycles. The molecule has 0 atom stereocenters. The molecule has 0 bridgehead atoms. The minimum absolute atomic E-state index is 0.129. The number of nitrogens with two attached hydrogens (primary N) is 2. The second kappa shape index (κ2) is 4.52. The van der Waals surface area contributed by atoms with Crippen LogP contribution in [0.5, 0.6) is 11.5 Å². The third kappa shape index (κ3) is 2.05. The highest BCUT2D eigenvalue weighted by Gasteiger charge is 2.17. The Morgan fingerprint density at radius 1 is 0.938 bits per heavy atom. The highest BCUT2D eigenvalue weighted by Crippen LogP contribution is 2.28. The van der Waals surface area contributed by atoms with Crippen LogP contribution in [0, 0.1) is 0 Å². The number of primary amides is 2. The minimum atomic E-state index is -0.675. The zero-order valence-corrected chi connectivity index (χ0v) is 8.94. The van der Waals surface area contributed by atoms with Gasteiger partial charge in [0.1, 0.15) is 11.5 Å². The van der Waals surface area contributed by atoms with E-state index in [-0.39, 0.29) is 22.6 Å².